The molecular formula is C16H22F3NO2S. The molecule has 1 aliphatic heterocycles. The molecule has 0 aromatic heterocycles. The Morgan fingerprint density at radius 1 is 1.26 bits per heavy atom. The number of thioether (sulfide) groups is 1. The molecule has 0 saturated carbocycles. The Labute approximate surface area is 138 Å². The minimum atomic E-state index is -4.51. The van der Waals surface area contributed by atoms with Crippen molar-refractivity contribution in [1.29, 1.82) is 0 Å². The van der Waals surface area contributed by atoms with E-state index in [-0.39, 0.29) is 0 Å². The van der Waals surface area contributed by atoms with Gasteiger partial charge in [0, 0.05) is 11.4 Å². The van der Waals surface area contributed by atoms with Crippen LogP contribution in [0.2, 0.25) is 0 Å². The molecule has 1 aromatic rings. The monoisotopic (exact) mass is 349 g/mol. The van der Waals surface area contributed by atoms with Crippen molar-refractivity contribution in [3.8, 4) is 5.75 Å². The van der Waals surface area contributed by atoms with Gasteiger partial charge in [-0.05, 0) is 62.4 Å². The molecule has 1 atom stereocenters. The summed E-state index contributed by atoms with van der Waals surface area (Å²) in [5.41, 5.74) is 0. The number of halogens is 3. The summed E-state index contributed by atoms with van der Waals surface area (Å²) in [6.07, 6.45) is -3.98. The number of aliphatic hydroxyl groups is 1. The van der Waals surface area contributed by atoms with Gasteiger partial charge in [-0.25, -0.2) is 0 Å². The zero-order valence-electron chi connectivity index (χ0n) is 13.1. The molecule has 1 unspecified atom stereocenters. The lowest BCUT2D eigenvalue weighted by Gasteiger charge is -2.34. The summed E-state index contributed by atoms with van der Waals surface area (Å²) in [5.74, 6) is 0.108. The first-order valence-corrected chi connectivity index (χ1v) is 8.86. The van der Waals surface area contributed by atoms with E-state index in [2.05, 4.69) is 4.90 Å². The predicted octanol–water partition coefficient (Wildman–Crippen LogP) is 3.42. The third kappa shape index (κ3) is 5.58. The summed E-state index contributed by atoms with van der Waals surface area (Å²) in [5, 5.41) is 9.29. The van der Waals surface area contributed by atoms with Crippen LogP contribution in [0.25, 0.3) is 0 Å². The lowest BCUT2D eigenvalue weighted by molar-refractivity contribution is -0.223. The standard InChI is InChI=1S/C16H22F3NO2S/c1-23-14-4-2-13(3-5-14)22-11-10-20-8-6-12(7-9-20)15(21)16(17,18)19/h2-5,12,15,21H,6-11H2,1H3. The molecule has 130 valence electrons. The van der Waals surface area contributed by atoms with Crippen molar-refractivity contribution in [2.45, 2.75) is 30.0 Å². The smallest absolute Gasteiger partial charge is 0.414 e. The van der Waals surface area contributed by atoms with E-state index in [1.54, 1.807) is 11.8 Å². The summed E-state index contributed by atoms with van der Waals surface area (Å²) in [7, 11) is 0. The Morgan fingerprint density at radius 2 is 1.87 bits per heavy atom. The molecule has 0 spiro atoms. The minimum Gasteiger partial charge on any atom is -0.492 e. The number of alkyl halides is 3. The molecule has 0 radical (unpaired) electrons. The normalized spacial score (nSPS) is 18.8. The van der Waals surface area contributed by atoms with Crippen molar-refractivity contribution >= 4 is 11.8 Å². The fourth-order valence-electron chi connectivity index (χ4n) is 2.72. The lowest BCUT2D eigenvalue weighted by Crippen LogP contribution is -2.44. The van der Waals surface area contributed by atoms with Crippen LogP contribution in [0.1, 0.15) is 12.8 Å². The molecule has 0 bridgehead atoms. The maximum atomic E-state index is 12.5. The molecule has 1 saturated heterocycles. The van der Waals surface area contributed by atoms with E-state index >= 15 is 0 Å². The van der Waals surface area contributed by atoms with Crippen molar-refractivity contribution in [2.75, 3.05) is 32.5 Å². The zero-order chi connectivity index (χ0) is 16.9. The minimum absolute atomic E-state index is 0.364. The highest BCUT2D eigenvalue weighted by atomic mass is 32.2. The summed E-state index contributed by atoms with van der Waals surface area (Å²) in [6.45, 7) is 2.31. The summed E-state index contributed by atoms with van der Waals surface area (Å²) < 4.78 is 43.1. The molecule has 0 aliphatic carbocycles. The van der Waals surface area contributed by atoms with Gasteiger partial charge in [0.25, 0.3) is 0 Å². The highest BCUT2D eigenvalue weighted by molar-refractivity contribution is 7.98. The van der Waals surface area contributed by atoms with Crippen LogP contribution in [0, 0.1) is 5.92 Å². The average Bonchev–Trinajstić information content (AvgIpc) is 2.54. The molecule has 23 heavy (non-hydrogen) atoms. The SMILES string of the molecule is CSc1ccc(OCCN2CCC(C(O)C(F)(F)F)CC2)cc1. The molecular weight excluding hydrogens is 327 g/mol. The Bertz CT molecular complexity index is 473. The van der Waals surface area contributed by atoms with Gasteiger partial charge >= 0.3 is 6.18 Å². The zero-order valence-corrected chi connectivity index (χ0v) is 13.9. The predicted molar refractivity (Wildman–Crippen MR) is 84.9 cm³/mol. The number of rotatable bonds is 6. The average molecular weight is 349 g/mol. The Morgan fingerprint density at radius 3 is 2.39 bits per heavy atom. The van der Waals surface area contributed by atoms with Gasteiger partial charge in [-0.15, -0.1) is 11.8 Å². The molecule has 1 aliphatic rings. The second-order valence-corrected chi connectivity index (χ2v) is 6.57. The number of ether oxygens (including phenoxy) is 1. The largest absolute Gasteiger partial charge is 0.492 e. The van der Waals surface area contributed by atoms with Crippen LogP contribution in [0.4, 0.5) is 13.2 Å². The topological polar surface area (TPSA) is 32.7 Å². The lowest BCUT2D eigenvalue weighted by atomic mass is 9.91. The van der Waals surface area contributed by atoms with Crippen LogP contribution in [0.5, 0.6) is 5.75 Å². The van der Waals surface area contributed by atoms with E-state index in [9.17, 15) is 18.3 Å². The van der Waals surface area contributed by atoms with Crippen LogP contribution in [-0.4, -0.2) is 54.8 Å². The van der Waals surface area contributed by atoms with Crippen molar-refractivity contribution in [3.05, 3.63) is 24.3 Å². The van der Waals surface area contributed by atoms with Crippen molar-refractivity contribution in [1.82, 2.24) is 4.90 Å². The van der Waals surface area contributed by atoms with E-state index in [0.717, 1.165) is 5.75 Å². The van der Waals surface area contributed by atoms with E-state index in [1.807, 2.05) is 30.5 Å². The molecule has 2 rings (SSSR count). The van der Waals surface area contributed by atoms with Gasteiger partial charge in [0.05, 0.1) is 0 Å². The Kier molecular flexibility index (Phi) is 6.61. The highest BCUT2D eigenvalue weighted by Gasteiger charge is 2.44. The number of aliphatic hydroxyl groups excluding tert-OH is 1. The third-order valence-corrected chi connectivity index (χ3v) is 4.89. The molecule has 1 heterocycles. The van der Waals surface area contributed by atoms with Gasteiger partial charge in [0.1, 0.15) is 12.4 Å². The van der Waals surface area contributed by atoms with E-state index in [0.29, 0.717) is 39.1 Å². The van der Waals surface area contributed by atoms with Crippen LogP contribution >= 0.6 is 11.8 Å². The summed E-state index contributed by atoms with van der Waals surface area (Å²) >= 11 is 1.66. The summed E-state index contributed by atoms with van der Waals surface area (Å²) in [4.78, 5) is 3.25. The summed E-state index contributed by atoms with van der Waals surface area (Å²) in [6, 6.07) is 7.81. The van der Waals surface area contributed by atoms with Crippen molar-refractivity contribution in [2.24, 2.45) is 5.92 Å². The van der Waals surface area contributed by atoms with Crippen LogP contribution < -0.4 is 4.74 Å². The van der Waals surface area contributed by atoms with Crippen molar-refractivity contribution < 1.29 is 23.0 Å². The number of hydrogen-bond acceptors (Lipinski definition) is 4. The van der Waals surface area contributed by atoms with Gasteiger partial charge in [0.15, 0.2) is 6.10 Å². The highest BCUT2D eigenvalue weighted by Crippen LogP contribution is 2.31. The first-order chi connectivity index (χ1) is 10.9. The number of benzene rings is 1. The number of piperidine rings is 1. The van der Waals surface area contributed by atoms with E-state index in [1.165, 1.54) is 4.90 Å². The third-order valence-electron chi connectivity index (χ3n) is 4.15. The molecule has 7 heteroatoms. The molecule has 1 fully saturated rings. The molecule has 3 nitrogen and oxygen atoms in total. The molecule has 1 N–H and O–H groups in total. The van der Waals surface area contributed by atoms with Gasteiger partial charge < -0.3 is 9.84 Å². The van der Waals surface area contributed by atoms with Crippen LogP contribution in [0.3, 0.4) is 0 Å². The van der Waals surface area contributed by atoms with Crippen LogP contribution in [0.15, 0.2) is 29.2 Å². The van der Waals surface area contributed by atoms with E-state index in [4.69, 9.17) is 4.74 Å². The molecule has 1 aromatic carbocycles. The maximum Gasteiger partial charge on any atom is 0.414 e. The van der Waals surface area contributed by atoms with Crippen molar-refractivity contribution in [3.63, 3.8) is 0 Å². The van der Waals surface area contributed by atoms with Crippen LogP contribution in [-0.2, 0) is 0 Å². The number of likely N-dealkylation sites (tertiary alicyclic amines) is 1. The fourth-order valence-corrected chi connectivity index (χ4v) is 3.13. The maximum absolute atomic E-state index is 12.5. The van der Waals surface area contributed by atoms with Gasteiger partial charge in [0.2, 0.25) is 0 Å². The molecule has 0 amide bonds. The first-order valence-electron chi connectivity index (χ1n) is 7.64. The van der Waals surface area contributed by atoms with Gasteiger partial charge in [-0.3, -0.25) is 4.90 Å². The van der Waals surface area contributed by atoms with Gasteiger partial charge in [-0.1, -0.05) is 0 Å². The second-order valence-electron chi connectivity index (χ2n) is 5.69. The fraction of sp³-hybridized carbons (Fsp3) is 0.625. The Hall–Kier alpha value is -0.920. The number of hydrogen-bond donors (Lipinski definition) is 1. The second kappa shape index (κ2) is 8.26. The Balaban J connectivity index is 1.68. The quantitative estimate of drug-likeness (QED) is 0.798. The van der Waals surface area contributed by atoms with E-state index < -0.39 is 18.2 Å². The van der Waals surface area contributed by atoms with Gasteiger partial charge in [-0.2, -0.15) is 13.2 Å². The first kappa shape index (κ1) is 18.4. The number of nitrogens with zero attached hydrogens (tertiary/aromatic N) is 1.